The average molecular weight is 441 g/mol. The largest absolute Gasteiger partial charge is 0.357 e. The van der Waals surface area contributed by atoms with Crippen LogP contribution in [-0.4, -0.2) is 56.0 Å². The average Bonchev–Trinajstić information content (AvgIpc) is 2.65. The minimum Gasteiger partial charge on any atom is -0.357 e. The molecule has 0 amide bonds. The molecular weight excluding hydrogens is 404 g/mol. The van der Waals surface area contributed by atoms with Gasteiger partial charge in [0, 0.05) is 36.7 Å². The number of hydrogen-bond acceptors (Lipinski definition) is 4. The molecule has 0 aromatic heterocycles. The lowest BCUT2D eigenvalue weighted by atomic mass is 10.1. The minimum atomic E-state index is -3.37. The highest BCUT2D eigenvalue weighted by Crippen LogP contribution is 2.25. The van der Waals surface area contributed by atoms with Crippen molar-refractivity contribution in [1.82, 2.24) is 14.9 Å². The van der Waals surface area contributed by atoms with Crippen molar-refractivity contribution in [3.05, 3.63) is 35.4 Å². The summed E-state index contributed by atoms with van der Waals surface area (Å²) in [7, 11) is -3.37. The van der Waals surface area contributed by atoms with E-state index >= 15 is 0 Å². The van der Waals surface area contributed by atoms with E-state index in [4.69, 9.17) is 4.99 Å². The predicted octanol–water partition coefficient (Wildman–Crippen LogP) is 3.05. The summed E-state index contributed by atoms with van der Waals surface area (Å²) in [5, 5.41) is 4.02. The van der Waals surface area contributed by atoms with Crippen molar-refractivity contribution in [1.29, 1.82) is 0 Å². The van der Waals surface area contributed by atoms with Gasteiger partial charge in [-0.05, 0) is 37.8 Å². The highest BCUT2D eigenvalue weighted by molar-refractivity contribution is 8.00. The molecule has 1 atom stereocenters. The van der Waals surface area contributed by atoms with Crippen LogP contribution in [0.5, 0.6) is 0 Å². The van der Waals surface area contributed by atoms with Crippen LogP contribution >= 0.6 is 11.8 Å². The fourth-order valence-corrected chi connectivity index (χ4v) is 6.11. The van der Waals surface area contributed by atoms with Gasteiger partial charge < -0.3 is 10.2 Å². The molecule has 0 saturated carbocycles. The number of rotatable bonds is 8. The molecule has 0 radical (unpaired) electrons. The van der Waals surface area contributed by atoms with Crippen molar-refractivity contribution in [3.63, 3.8) is 0 Å². The van der Waals surface area contributed by atoms with Crippen LogP contribution in [0.4, 0.5) is 0 Å². The second-order valence-electron chi connectivity index (χ2n) is 8.07. The number of sulfonamides is 1. The van der Waals surface area contributed by atoms with Gasteiger partial charge in [-0.3, -0.25) is 0 Å². The van der Waals surface area contributed by atoms with Gasteiger partial charge in [0.2, 0.25) is 10.0 Å². The van der Waals surface area contributed by atoms with Crippen molar-refractivity contribution in [2.45, 2.75) is 58.2 Å². The van der Waals surface area contributed by atoms with E-state index in [0.717, 1.165) is 42.5 Å². The van der Waals surface area contributed by atoms with Gasteiger partial charge in [-0.2, -0.15) is 11.8 Å². The van der Waals surface area contributed by atoms with Gasteiger partial charge in [-0.15, -0.1) is 0 Å². The number of aliphatic imine (C=N–C) groups is 1. The molecule has 1 aliphatic rings. The highest BCUT2D eigenvalue weighted by Gasteiger charge is 2.25. The van der Waals surface area contributed by atoms with Crippen LogP contribution in [0.3, 0.4) is 0 Å². The molecule has 1 saturated heterocycles. The first-order valence-corrected chi connectivity index (χ1v) is 13.1. The maximum Gasteiger partial charge on any atom is 0.216 e. The van der Waals surface area contributed by atoms with Crippen molar-refractivity contribution in [2.75, 3.05) is 25.4 Å². The van der Waals surface area contributed by atoms with E-state index in [1.165, 1.54) is 0 Å². The second-order valence-corrected chi connectivity index (χ2v) is 11.2. The first kappa shape index (κ1) is 24.0. The SMILES string of the molecule is CCNC(=NCc1ccccc1CS(=O)(=O)NC(C)C)N1CCSC(C(C)C)C1. The monoisotopic (exact) mass is 440 g/mol. The van der Waals surface area contributed by atoms with Crippen molar-refractivity contribution < 1.29 is 8.42 Å². The zero-order valence-corrected chi connectivity index (χ0v) is 19.9. The summed E-state index contributed by atoms with van der Waals surface area (Å²) in [6.45, 7) is 13.5. The summed E-state index contributed by atoms with van der Waals surface area (Å²) in [5.41, 5.74) is 1.75. The lowest BCUT2D eigenvalue weighted by Crippen LogP contribution is -2.49. The molecule has 1 heterocycles. The van der Waals surface area contributed by atoms with Crippen molar-refractivity contribution in [2.24, 2.45) is 10.9 Å². The molecule has 2 rings (SSSR count). The Morgan fingerprint density at radius 2 is 1.93 bits per heavy atom. The van der Waals surface area contributed by atoms with Crippen LogP contribution in [0, 0.1) is 5.92 Å². The molecule has 1 fully saturated rings. The molecule has 1 aromatic carbocycles. The molecule has 0 bridgehead atoms. The van der Waals surface area contributed by atoms with Gasteiger partial charge in [0.1, 0.15) is 0 Å². The van der Waals surface area contributed by atoms with Gasteiger partial charge in [0.25, 0.3) is 0 Å². The summed E-state index contributed by atoms with van der Waals surface area (Å²) in [4.78, 5) is 7.20. The molecule has 1 unspecified atom stereocenters. The van der Waals surface area contributed by atoms with E-state index in [-0.39, 0.29) is 11.8 Å². The molecule has 1 aliphatic heterocycles. The Morgan fingerprint density at radius 1 is 1.24 bits per heavy atom. The number of benzene rings is 1. The lowest BCUT2D eigenvalue weighted by Gasteiger charge is -2.36. The quantitative estimate of drug-likeness (QED) is 0.480. The van der Waals surface area contributed by atoms with E-state index < -0.39 is 10.0 Å². The molecule has 8 heteroatoms. The van der Waals surface area contributed by atoms with Crippen LogP contribution in [0.15, 0.2) is 29.3 Å². The Bertz CT molecular complexity index is 779. The Balaban J connectivity index is 2.17. The maximum absolute atomic E-state index is 12.4. The molecular formula is C21H36N4O2S2. The number of guanidine groups is 1. The van der Waals surface area contributed by atoms with E-state index in [1.54, 1.807) is 0 Å². The smallest absolute Gasteiger partial charge is 0.216 e. The Hall–Kier alpha value is -1.25. The van der Waals surface area contributed by atoms with Crippen LogP contribution < -0.4 is 10.0 Å². The van der Waals surface area contributed by atoms with E-state index in [2.05, 4.69) is 35.7 Å². The number of nitrogens with one attached hydrogen (secondary N) is 2. The fourth-order valence-electron chi connectivity index (χ4n) is 3.32. The summed E-state index contributed by atoms with van der Waals surface area (Å²) in [6, 6.07) is 7.56. The van der Waals surface area contributed by atoms with Crippen LogP contribution in [0.2, 0.25) is 0 Å². The van der Waals surface area contributed by atoms with Gasteiger partial charge in [0.05, 0.1) is 12.3 Å². The van der Waals surface area contributed by atoms with Gasteiger partial charge in [0.15, 0.2) is 5.96 Å². The molecule has 164 valence electrons. The molecule has 6 nitrogen and oxygen atoms in total. The molecule has 1 aromatic rings. The van der Waals surface area contributed by atoms with E-state index in [0.29, 0.717) is 17.7 Å². The van der Waals surface area contributed by atoms with Crippen LogP contribution in [-0.2, 0) is 22.3 Å². The fraction of sp³-hybridized carbons (Fsp3) is 0.667. The number of hydrogen-bond donors (Lipinski definition) is 2. The van der Waals surface area contributed by atoms with Crippen LogP contribution in [0.1, 0.15) is 45.7 Å². The number of thioether (sulfide) groups is 1. The summed E-state index contributed by atoms with van der Waals surface area (Å²) >= 11 is 2.04. The molecule has 0 spiro atoms. The highest BCUT2D eigenvalue weighted by atomic mass is 32.2. The zero-order chi connectivity index (χ0) is 21.4. The van der Waals surface area contributed by atoms with Crippen LogP contribution in [0.25, 0.3) is 0 Å². The third-order valence-corrected chi connectivity index (χ3v) is 7.81. The third kappa shape index (κ3) is 7.83. The Labute approximate surface area is 181 Å². The lowest BCUT2D eigenvalue weighted by molar-refractivity contribution is 0.381. The minimum absolute atomic E-state index is 0.0246. The normalized spacial score (nSPS) is 18.5. The predicted molar refractivity (Wildman–Crippen MR) is 125 cm³/mol. The molecule has 2 N–H and O–H groups in total. The Morgan fingerprint density at radius 3 is 2.55 bits per heavy atom. The van der Waals surface area contributed by atoms with Gasteiger partial charge in [-0.25, -0.2) is 18.1 Å². The number of nitrogens with zero attached hydrogens (tertiary/aromatic N) is 2. The Kier molecular flexibility index (Phi) is 9.30. The maximum atomic E-state index is 12.4. The van der Waals surface area contributed by atoms with Gasteiger partial charge in [-0.1, -0.05) is 38.1 Å². The first-order chi connectivity index (χ1) is 13.7. The van der Waals surface area contributed by atoms with E-state index in [1.807, 2.05) is 49.9 Å². The van der Waals surface area contributed by atoms with Crippen molar-refractivity contribution in [3.8, 4) is 0 Å². The standard InChI is InChI=1S/C21H36N4O2S2/c1-6-22-21(25-11-12-28-20(14-25)16(2)3)23-13-18-9-7-8-10-19(18)15-29(26,27)24-17(4)5/h7-10,16-17,20,24H,6,11-15H2,1-5H3,(H,22,23). The molecule has 29 heavy (non-hydrogen) atoms. The van der Waals surface area contributed by atoms with E-state index in [9.17, 15) is 8.42 Å². The topological polar surface area (TPSA) is 73.8 Å². The van der Waals surface area contributed by atoms with Crippen molar-refractivity contribution >= 4 is 27.7 Å². The third-order valence-electron chi connectivity index (χ3n) is 4.75. The summed E-state index contributed by atoms with van der Waals surface area (Å²) in [6.07, 6.45) is 0. The second kappa shape index (κ2) is 11.2. The summed E-state index contributed by atoms with van der Waals surface area (Å²) in [5.74, 6) is 2.62. The van der Waals surface area contributed by atoms with Gasteiger partial charge >= 0.3 is 0 Å². The zero-order valence-electron chi connectivity index (χ0n) is 18.3. The molecule has 0 aliphatic carbocycles. The summed E-state index contributed by atoms with van der Waals surface area (Å²) < 4.78 is 27.4. The first-order valence-electron chi connectivity index (χ1n) is 10.4.